The predicted octanol–water partition coefficient (Wildman–Crippen LogP) is 2.91. The molecule has 3 aliphatic rings. The lowest BCUT2D eigenvalue weighted by Crippen LogP contribution is -2.43. The lowest BCUT2D eigenvalue weighted by atomic mass is 9.72. The fourth-order valence-electron chi connectivity index (χ4n) is 7.82. The summed E-state index contributed by atoms with van der Waals surface area (Å²) in [4.78, 5) is 58.8. The Morgan fingerprint density at radius 3 is 2.70 bits per heavy atom. The minimum Gasteiger partial charge on any atom is -0.480 e. The summed E-state index contributed by atoms with van der Waals surface area (Å²) in [6.07, 6.45) is 6.46. The number of nitrogen functional groups attached to an aromatic ring is 1. The van der Waals surface area contributed by atoms with Gasteiger partial charge in [0.1, 0.15) is 28.8 Å². The lowest BCUT2D eigenvalue weighted by molar-refractivity contribution is -0.149. The van der Waals surface area contributed by atoms with E-state index in [9.17, 15) is 24.8 Å². The number of rotatable bonds is 12. The second-order valence-corrected chi connectivity index (χ2v) is 15.8. The van der Waals surface area contributed by atoms with Crippen LogP contribution in [0.2, 0.25) is 0 Å². The van der Waals surface area contributed by atoms with E-state index in [0.717, 1.165) is 70.4 Å². The normalized spacial score (nSPS) is 20.7. The van der Waals surface area contributed by atoms with E-state index in [2.05, 4.69) is 36.0 Å². The molecule has 3 atom stereocenters. The molecule has 0 bridgehead atoms. The zero-order valence-corrected chi connectivity index (χ0v) is 33.3. The number of nitrogens with zero attached hydrogens (tertiary/aromatic N) is 8. The van der Waals surface area contributed by atoms with Crippen molar-refractivity contribution in [2.24, 2.45) is 16.6 Å². The van der Waals surface area contributed by atoms with E-state index >= 15 is 0 Å². The number of ether oxygens (including phenoxy) is 1. The average Bonchev–Trinajstić information content (AvgIpc) is 3.90. The topological polar surface area (TPSA) is 251 Å². The Bertz CT molecular complexity index is 1940. The van der Waals surface area contributed by atoms with Crippen molar-refractivity contribution in [2.75, 3.05) is 63.6 Å². The number of nitrogens with two attached hydrogens (primary N) is 2. The number of likely N-dealkylation sites (tertiary alicyclic amines) is 1. The number of hydrogen-bond acceptors (Lipinski definition) is 14. The van der Waals surface area contributed by atoms with Crippen LogP contribution in [0.5, 0.6) is 5.88 Å². The first kappa shape index (κ1) is 42.0. The minimum atomic E-state index is -1.01. The van der Waals surface area contributed by atoms with E-state index in [1.807, 2.05) is 19.9 Å². The van der Waals surface area contributed by atoms with Gasteiger partial charge in [-0.15, -0.1) is 11.3 Å². The van der Waals surface area contributed by atoms with E-state index in [-0.39, 0.29) is 23.5 Å². The van der Waals surface area contributed by atoms with Crippen LogP contribution in [0.1, 0.15) is 92.8 Å². The summed E-state index contributed by atoms with van der Waals surface area (Å²) < 4.78 is 11.4. The molecule has 2 unspecified atom stereocenters. The number of amides is 2. The highest BCUT2D eigenvalue weighted by atomic mass is 32.1. The molecule has 3 aromatic heterocycles. The van der Waals surface area contributed by atoms with Crippen molar-refractivity contribution < 1.29 is 33.9 Å². The van der Waals surface area contributed by atoms with E-state index in [1.165, 1.54) is 16.2 Å². The summed E-state index contributed by atoms with van der Waals surface area (Å²) in [6.45, 7) is 10.4. The third-order valence-electron chi connectivity index (χ3n) is 10.7. The monoisotopic (exact) mass is 792 g/mol. The zero-order valence-electron chi connectivity index (χ0n) is 32.4. The number of anilines is 2. The van der Waals surface area contributed by atoms with Gasteiger partial charge in [-0.25, -0.2) is 14.8 Å². The van der Waals surface area contributed by atoms with Crippen LogP contribution in [0, 0.1) is 17.2 Å². The lowest BCUT2D eigenvalue weighted by Gasteiger charge is -2.31. The molecule has 56 heavy (non-hydrogen) atoms. The number of aliphatic carboxylic acids is 1. The number of aliphatic imine (C=N–C) groups is 1. The minimum absolute atomic E-state index is 0.0719. The highest BCUT2D eigenvalue weighted by Gasteiger charge is 2.43. The summed E-state index contributed by atoms with van der Waals surface area (Å²) in [7, 11) is 1.00. The highest BCUT2D eigenvalue weighted by Crippen LogP contribution is 2.46. The van der Waals surface area contributed by atoms with Gasteiger partial charge in [0.25, 0.3) is 11.8 Å². The number of carboxylic acids is 1. The SMILES string of the molecule is CC(C)C(C(=O)N1CCCC1C(=O)O)c1cc(OCCCN2CCCN(c3ccnc(C(N)=NC(=O)[C@@]4(C)CCCc5sc(N)c(C#N)c54)n3)CC2)no1.CO. The number of amidine groups is 1. The Hall–Kier alpha value is -5.12. The number of fused-ring (bicyclic) bond motifs is 1. The molecule has 302 valence electrons. The third kappa shape index (κ3) is 9.11. The molecule has 0 spiro atoms. The Morgan fingerprint density at radius 2 is 1.96 bits per heavy atom. The largest absolute Gasteiger partial charge is 0.480 e. The van der Waals surface area contributed by atoms with E-state index < -0.39 is 29.3 Å². The fourth-order valence-corrected chi connectivity index (χ4v) is 9.01. The molecular formula is C38H52N10O7S. The first-order valence-corrected chi connectivity index (χ1v) is 19.8. The molecule has 5 heterocycles. The first-order chi connectivity index (χ1) is 26.9. The van der Waals surface area contributed by atoms with Gasteiger partial charge < -0.3 is 45.6 Å². The number of nitriles is 1. The number of aryl methyl sites for hydroxylation is 1. The second kappa shape index (κ2) is 18.7. The summed E-state index contributed by atoms with van der Waals surface area (Å²) in [5, 5.41) is 30.8. The maximum atomic E-state index is 13.6. The standard InChI is InChI=1S/C37H48N10O6S.CH4O/c1-22(2)29(34(48)47-16-5-8-24(47)35(49)50)25-20-28(44-53-25)52-19-7-14-45-13-6-15-46(18-17-45)27-10-12-41-33(42-27)31(39)43-36(51)37(3)11-4-9-26-30(37)23(21-38)32(40)54-26;1-2/h10,12,20,22,24,29H,4-9,11,13-19,40H2,1-3H3,(H,49,50)(H2,39,43,51);2H,1H3/t24?,29?,37-;/m0./s1. The van der Waals surface area contributed by atoms with Gasteiger partial charge in [0.15, 0.2) is 17.4 Å². The van der Waals surface area contributed by atoms with Crippen LogP contribution in [0.25, 0.3) is 0 Å². The van der Waals surface area contributed by atoms with E-state index in [1.54, 1.807) is 19.2 Å². The maximum Gasteiger partial charge on any atom is 0.326 e. The van der Waals surface area contributed by atoms with Crippen molar-refractivity contribution in [1.82, 2.24) is 24.9 Å². The van der Waals surface area contributed by atoms with Gasteiger partial charge in [0.2, 0.25) is 5.91 Å². The summed E-state index contributed by atoms with van der Waals surface area (Å²) in [6, 6.07) is 4.82. The molecule has 6 rings (SSSR count). The van der Waals surface area contributed by atoms with Crippen LogP contribution >= 0.6 is 11.3 Å². The Balaban J connectivity index is 0.00000295. The van der Waals surface area contributed by atoms with Gasteiger partial charge in [-0.05, 0) is 75.6 Å². The van der Waals surface area contributed by atoms with Crippen LogP contribution < -0.4 is 21.1 Å². The molecule has 6 N–H and O–H groups in total. The van der Waals surface area contributed by atoms with E-state index in [0.29, 0.717) is 66.0 Å². The maximum absolute atomic E-state index is 13.6. The van der Waals surface area contributed by atoms with Crippen LogP contribution in [-0.2, 0) is 26.2 Å². The zero-order chi connectivity index (χ0) is 40.6. The van der Waals surface area contributed by atoms with Gasteiger partial charge in [0, 0.05) is 62.5 Å². The molecule has 2 amide bonds. The molecule has 2 fully saturated rings. The van der Waals surface area contributed by atoms with Gasteiger partial charge in [-0.2, -0.15) is 10.3 Å². The van der Waals surface area contributed by atoms with Gasteiger partial charge in [-0.3, -0.25) is 9.59 Å². The Labute approximate surface area is 330 Å². The van der Waals surface area contributed by atoms with E-state index in [4.69, 9.17) is 25.8 Å². The van der Waals surface area contributed by atoms with Crippen molar-refractivity contribution >= 4 is 45.8 Å². The number of aliphatic hydroxyl groups excluding tert-OH is 1. The van der Waals surface area contributed by atoms with Crippen LogP contribution in [0.3, 0.4) is 0 Å². The van der Waals surface area contributed by atoms with Crippen LogP contribution in [0.15, 0.2) is 27.8 Å². The van der Waals surface area contributed by atoms with Crippen molar-refractivity contribution in [3.63, 3.8) is 0 Å². The molecule has 3 aromatic rings. The Morgan fingerprint density at radius 1 is 1.18 bits per heavy atom. The van der Waals surface area contributed by atoms with Gasteiger partial charge in [0.05, 0.1) is 17.6 Å². The van der Waals surface area contributed by atoms with Gasteiger partial charge >= 0.3 is 5.97 Å². The van der Waals surface area contributed by atoms with Crippen LogP contribution in [-0.4, -0.2) is 118 Å². The van der Waals surface area contributed by atoms with Crippen LogP contribution in [0.4, 0.5) is 10.8 Å². The smallest absolute Gasteiger partial charge is 0.326 e. The number of thiophene rings is 1. The molecule has 1 aliphatic carbocycles. The molecule has 0 radical (unpaired) electrons. The van der Waals surface area contributed by atoms with Crippen molar-refractivity contribution in [2.45, 2.75) is 83.1 Å². The molecular weight excluding hydrogens is 741 g/mol. The number of carboxylic acid groups (broad SMARTS) is 1. The quantitative estimate of drug-likeness (QED) is 0.117. The molecule has 18 heteroatoms. The van der Waals surface area contributed by atoms with Crippen molar-refractivity contribution in [3.8, 4) is 11.9 Å². The number of carbonyl (C=O) groups is 3. The average molecular weight is 793 g/mol. The number of aromatic nitrogens is 3. The number of aliphatic hydroxyl groups is 1. The fraction of sp³-hybridized carbons (Fsp3) is 0.579. The predicted molar refractivity (Wildman–Crippen MR) is 209 cm³/mol. The highest BCUT2D eigenvalue weighted by molar-refractivity contribution is 7.16. The second-order valence-electron chi connectivity index (χ2n) is 14.7. The summed E-state index contributed by atoms with van der Waals surface area (Å²) in [5.41, 5.74) is 12.5. The first-order valence-electron chi connectivity index (χ1n) is 19.0. The number of carbonyl (C=O) groups excluding carboxylic acids is 2. The molecule has 0 aromatic carbocycles. The summed E-state index contributed by atoms with van der Waals surface area (Å²) in [5.74, 6) is -0.993. The number of hydrogen-bond donors (Lipinski definition) is 4. The van der Waals surface area contributed by atoms with Gasteiger partial charge in [-0.1, -0.05) is 13.8 Å². The molecule has 2 saturated heterocycles. The summed E-state index contributed by atoms with van der Waals surface area (Å²) >= 11 is 1.36. The third-order valence-corrected chi connectivity index (χ3v) is 11.7. The molecule has 2 aliphatic heterocycles. The Kier molecular flexibility index (Phi) is 14.0. The molecule has 0 saturated carbocycles. The molecule has 17 nitrogen and oxygen atoms in total. The van der Waals surface area contributed by atoms with Crippen molar-refractivity contribution in [3.05, 3.63) is 45.9 Å². The van der Waals surface area contributed by atoms with Crippen molar-refractivity contribution in [1.29, 1.82) is 5.26 Å².